The third-order valence-electron chi connectivity index (χ3n) is 3.90. The Morgan fingerprint density at radius 2 is 1.00 bits per heavy atom. The van der Waals surface area contributed by atoms with Crippen molar-refractivity contribution in [3.8, 4) is 0 Å². The number of hydrogen-bond donors (Lipinski definition) is 2. The van der Waals surface area contributed by atoms with Crippen LogP contribution in [-0.4, -0.2) is 80.4 Å². The fourth-order valence-electron chi connectivity index (χ4n) is 1.73. The number of rotatable bonds is 12. The Kier molecular flexibility index (Phi) is 10.1. The summed E-state index contributed by atoms with van der Waals surface area (Å²) >= 11 is 0. The van der Waals surface area contributed by atoms with Crippen LogP contribution in [0.3, 0.4) is 0 Å². The van der Waals surface area contributed by atoms with Gasteiger partial charge in [0, 0.05) is 41.7 Å². The Morgan fingerprint density at radius 1 is 0.714 bits per heavy atom. The zero-order chi connectivity index (χ0) is 16.5. The molecule has 9 heteroatoms. The first-order valence-corrected chi connectivity index (χ1v) is 11.7. The molecule has 0 bridgehead atoms. The molecule has 0 spiro atoms. The molecule has 0 radical (unpaired) electrons. The van der Waals surface area contributed by atoms with Gasteiger partial charge in [-0.3, -0.25) is 0 Å². The summed E-state index contributed by atoms with van der Waals surface area (Å²) in [5.74, 6) is 0. The molecule has 0 amide bonds. The van der Waals surface area contributed by atoms with E-state index in [1.807, 2.05) is 0 Å². The van der Waals surface area contributed by atoms with E-state index in [9.17, 15) is 10.2 Å². The Balaban J connectivity index is 3.97. The standard InChI is InChI=1S/C12H30O7Si2/c1-15-20(5,16-2)11(13)7-9-19-10-8-12(14)21(6,17-3)18-4/h11-14H,7-10H2,1-6H3. The summed E-state index contributed by atoms with van der Waals surface area (Å²) in [6.45, 7) is 4.36. The van der Waals surface area contributed by atoms with Crippen molar-refractivity contribution < 1.29 is 32.7 Å². The van der Waals surface area contributed by atoms with Crippen LogP contribution < -0.4 is 0 Å². The molecule has 2 atom stereocenters. The van der Waals surface area contributed by atoms with Gasteiger partial charge in [0.25, 0.3) is 0 Å². The second-order valence-corrected chi connectivity index (χ2v) is 12.1. The molecule has 128 valence electrons. The highest BCUT2D eigenvalue weighted by molar-refractivity contribution is 6.67. The largest absolute Gasteiger partial charge is 0.396 e. The van der Waals surface area contributed by atoms with E-state index in [0.29, 0.717) is 26.1 Å². The summed E-state index contributed by atoms with van der Waals surface area (Å²) in [5, 5.41) is 20.1. The maximum absolute atomic E-state index is 10.0. The minimum atomic E-state index is -2.53. The lowest BCUT2D eigenvalue weighted by Gasteiger charge is -2.29. The van der Waals surface area contributed by atoms with Gasteiger partial charge in [-0.1, -0.05) is 0 Å². The van der Waals surface area contributed by atoms with Crippen LogP contribution in [0.2, 0.25) is 13.1 Å². The molecule has 0 fully saturated rings. The van der Waals surface area contributed by atoms with Crippen molar-refractivity contribution in [2.24, 2.45) is 0 Å². The summed E-state index contributed by atoms with van der Waals surface area (Å²) in [6.07, 6.45) is 0.869. The lowest BCUT2D eigenvalue weighted by molar-refractivity contribution is 0.0613. The highest BCUT2D eigenvalue weighted by Crippen LogP contribution is 2.15. The molecular formula is C12H30O7Si2. The summed E-state index contributed by atoms with van der Waals surface area (Å²) in [6, 6.07) is 0. The van der Waals surface area contributed by atoms with Crippen LogP contribution in [0.25, 0.3) is 0 Å². The normalized spacial score (nSPS) is 16.0. The fourth-order valence-corrected chi connectivity index (χ4v) is 4.43. The number of aliphatic hydroxyl groups excluding tert-OH is 2. The van der Waals surface area contributed by atoms with Crippen molar-refractivity contribution in [3.05, 3.63) is 0 Å². The molecule has 0 aromatic rings. The maximum Gasteiger partial charge on any atom is 0.364 e. The van der Waals surface area contributed by atoms with E-state index >= 15 is 0 Å². The van der Waals surface area contributed by atoms with Crippen LogP contribution in [0.1, 0.15) is 12.8 Å². The van der Waals surface area contributed by atoms with Crippen LogP contribution in [0, 0.1) is 0 Å². The molecule has 0 aliphatic rings. The first kappa shape index (κ1) is 21.2. The summed E-state index contributed by atoms with van der Waals surface area (Å²) in [7, 11) is 1.09. The molecule has 2 N–H and O–H groups in total. The van der Waals surface area contributed by atoms with Gasteiger partial charge in [-0.05, 0) is 25.9 Å². The van der Waals surface area contributed by atoms with Crippen LogP contribution in [0.5, 0.6) is 0 Å². The second-order valence-electron chi connectivity index (χ2n) is 5.07. The smallest absolute Gasteiger partial charge is 0.364 e. The Morgan fingerprint density at radius 3 is 1.24 bits per heavy atom. The Hall–Kier alpha value is 0.154. The van der Waals surface area contributed by atoms with Gasteiger partial charge in [0.1, 0.15) is 0 Å². The van der Waals surface area contributed by atoms with Gasteiger partial charge in [-0.2, -0.15) is 0 Å². The zero-order valence-corrected chi connectivity index (χ0v) is 15.9. The maximum atomic E-state index is 10.0. The molecule has 21 heavy (non-hydrogen) atoms. The number of aliphatic hydroxyl groups is 2. The van der Waals surface area contributed by atoms with Crippen LogP contribution in [0.4, 0.5) is 0 Å². The molecule has 0 aromatic heterocycles. The monoisotopic (exact) mass is 342 g/mol. The predicted molar refractivity (Wildman–Crippen MR) is 83.3 cm³/mol. The van der Waals surface area contributed by atoms with Crippen LogP contribution in [-0.2, 0) is 22.4 Å². The molecule has 0 saturated carbocycles. The first-order valence-electron chi connectivity index (χ1n) is 6.94. The molecule has 2 unspecified atom stereocenters. The quantitative estimate of drug-likeness (QED) is 0.390. The van der Waals surface area contributed by atoms with Crippen LogP contribution in [0.15, 0.2) is 0 Å². The van der Waals surface area contributed by atoms with Gasteiger partial charge < -0.3 is 32.7 Å². The number of hydrogen-bond acceptors (Lipinski definition) is 7. The molecule has 0 saturated heterocycles. The van der Waals surface area contributed by atoms with E-state index in [1.165, 1.54) is 28.4 Å². The van der Waals surface area contributed by atoms with Gasteiger partial charge >= 0.3 is 17.1 Å². The van der Waals surface area contributed by atoms with Crippen molar-refractivity contribution in [2.45, 2.75) is 37.4 Å². The minimum absolute atomic E-state index is 0.376. The molecule has 0 heterocycles. The first-order chi connectivity index (χ1) is 9.79. The van der Waals surface area contributed by atoms with Crippen molar-refractivity contribution in [2.75, 3.05) is 41.7 Å². The van der Waals surface area contributed by atoms with E-state index in [0.717, 1.165) is 0 Å². The van der Waals surface area contributed by atoms with Crippen molar-refractivity contribution in [1.82, 2.24) is 0 Å². The van der Waals surface area contributed by atoms with Gasteiger partial charge in [-0.25, -0.2) is 0 Å². The minimum Gasteiger partial charge on any atom is -0.396 e. The Labute approximate surface area is 129 Å². The zero-order valence-electron chi connectivity index (χ0n) is 13.9. The topological polar surface area (TPSA) is 86.6 Å². The fraction of sp³-hybridized carbons (Fsp3) is 1.00. The summed E-state index contributed by atoms with van der Waals surface area (Å²) in [5.41, 5.74) is -1.31. The summed E-state index contributed by atoms with van der Waals surface area (Å²) in [4.78, 5) is 0. The SMILES string of the molecule is CO[Si](C)(OC)C(O)CCOCCC(O)[Si](C)(OC)OC. The third kappa shape index (κ3) is 6.42. The third-order valence-corrected chi connectivity index (χ3v) is 10.1. The Bertz CT molecular complexity index is 246. The average molecular weight is 343 g/mol. The van der Waals surface area contributed by atoms with Gasteiger partial charge in [-0.15, -0.1) is 0 Å². The van der Waals surface area contributed by atoms with Gasteiger partial charge in [0.2, 0.25) is 0 Å². The van der Waals surface area contributed by atoms with Crippen molar-refractivity contribution >= 4 is 17.1 Å². The molecule has 7 nitrogen and oxygen atoms in total. The lowest BCUT2D eigenvalue weighted by atomic mass is 10.4. The van der Waals surface area contributed by atoms with E-state index in [-0.39, 0.29) is 0 Å². The van der Waals surface area contributed by atoms with E-state index in [2.05, 4.69) is 0 Å². The van der Waals surface area contributed by atoms with Crippen molar-refractivity contribution in [1.29, 1.82) is 0 Å². The number of ether oxygens (including phenoxy) is 1. The average Bonchev–Trinajstić information content (AvgIpc) is 2.52. The van der Waals surface area contributed by atoms with Crippen molar-refractivity contribution in [3.63, 3.8) is 0 Å². The molecular weight excluding hydrogens is 312 g/mol. The van der Waals surface area contributed by atoms with E-state index < -0.39 is 28.6 Å². The van der Waals surface area contributed by atoms with Crippen LogP contribution >= 0.6 is 0 Å². The van der Waals surface area contributed by atoms with E-state index in [4.69, 9.17) is 22.4 Å². The second kappa shape index (κ2) is 10.0. The van der Waals surface area contributed by atoms with Gasteiger partial charge in [0.05, 0.1) is 11.5 Å². The predicted octanol–water partition coefficient (Wildman–Crippen LogP) is 0.313. The highest BCUT2D eigenvalue weighted by atomic mass is 28.4. The molecule has 0 rings (SSSR count). The molecule has 0 aromatic carbocycles. The van der Waals surface area contributed by atoms with E-state index in [1.54, 1.807) is 13.1 Å². The highest BCUT2D eigenvalue weighted by Gasteiger charge is 2.39. The lowest BCUT2D eigenvalue weighted by Crippen LogP contribution is -2.50. The molecule has 0 aliphatic heterocycles. The summed E-state index contributed by atoms with van der Waals surface area (Å²) < 4.78 is 26.5. The molecule has 0 aliphatic carbocycles. The van der Waals surface area contributed by atoms with Gasteiger partial charge in [0.15, 0.2) is 0 Å².